The van der Waals surface area contributed by atoms with Gasteiger partial charge in [0.05, 0.1) is 14.1 Å². The molecule has 0 radical (unpaired) electrons. The summed E-state index contributed by atoms with van der Waals surface area (Å²) in [7, 11) is 7.40. The van der Waals surface area contributed by atoms with E-state index in [1.54, 1.807) is 14.1 Å². The Morgan fingerprint density at radius 3 is 1.31 bits per heavy atom. The second-order valence-electron chi connectivity index (χ2n) is 4.19. The van der Waals surface area contributed by atoms with Gasteiger partial charge in [0.1, 0.15) is 0 Å². The van der Waals surface area contributed by atoms with Gasteiger partial charge in [0.15, 0.2) is 0 Å². The van der Waals surface area contributed by atoms with E-state index in [0.717, 1.165) is 25.7 Å². The van der Waals surface area contributed by atoms with Crippen molar-refractivity contribution in [1.82, 2.24) is 10.0 Å². The highest BCUT2D eigenvalue weighted by molar-refractivity contribution is 4.80. The zero-order valence-electron chi connectivity index (χ0n) is 10.7. The van der Waals surface area contributed by atoms with Crippen molar-refractivity contribution in [3.63, 3.8) is 0 Å². The monoisotopic (exact) mass is 226 g/mol. The number of hydrogen-bond donors (Lipinski definition) is 0. The number of rotatable bonds is 4. The molecule has 92 valence electrons. The van der Waals surface area contributed by atoms with Gasteiger partial charge in [0, 0.05) is 26.2 Å². The molecule has 6 nitrogen and oxygen atoms in total. The zero-order valence-corrected chi connectivity index (χ0v) is 10.7. The lowest BCUT2D eigenvalue weighted by molar-refractivity contribution is 0.119. The fourth-order valence-corrected chi connectivity index (χ4v) is 2.23. The molecule has 0 bridgehead atoms. The van der Waals surface area contributed by atoms with Crippen LogP contribution < -0.4 is 0 Å². The summed E-state index contributed by atoms with van der Waals surface area (Å²) in [5.74, 6) is 0. The Morgan fingerprint density at radius 1 is 0.750 bits per heavy atom. The molecule has 0 amide bonds. The minimum Gasteiger partial charge on any atom is -0.279 e. The van der Waals surface area contributed by atoms with Gasteiger partial charge in [-0.1, -0.05) is 10.4 Å². The molecule has 0 aliphatic heterocycles. The first-order chi connectivity index (χ1) is 7.69. The van der Waals surface area contributed by atoms with E-state index in [2.05, 4.69) is 20.7 Å². The Hall–Kier alpha value is -1.20. The van der Waals surface area contributed by atoms with E-state index in [0.29, 0.717) is 12.1 Å². The third kappa shape index (κ3) is 3.43. The fourth-order valence-electron chi connectivity index (χ4n) is 2.23. The average molecular weight is 226 g/mol. The summed E-state index contributed by atoms with van der Waals surface area (Å²) >= 11 is 0. The van der Waals surface area contributed by atoms with Crippen molar-refractivity contribution in [3.05, 3.63) is 0 Å². The summed E-state index contributed by atoms with van der Waals surface area (Å²) in [5.41, 5.74) is 0. The minimum absolute atomic E-state index is 0.520. The predicted octanol–water partition coefficient (Wildman–Crippen LogP) is 2.16. The largest absolute Gasteiger partial charge is 0.279 e. The van der Waals surface area contributed by atoms with Crippen molar-refractivity contribution < 1.29 is 0 Å². The van der Waals surface area contributed by atoms with Crippen LogP contribution in [0.15, 0.2) is 20.7 Å². The van der Waals surface area contributed by atoms with Gasteiger partial charge in [0.2, 0.25) is 0 Å². The van der Waals surface area contributed by atoms with E-state index in [-0.39, 0.29) is 0 Å². The first-order valence-electron chi connectivity index (χ1n) is 5.74. The second kappa shape index (κ2) is 6.40. The van der Waals surface area contributed by atoms with Gasteiger partial charge in [-0.15, -0.1) is 0 Å². The molecule has 1 rings (SSSR count). The maximum Gasteiger partial charge on any atom is 0.0509 e. The van der Waals surface area contributed by atoms with Gasteiger partial charge in [-0.25, -0.2) is 0 Å². The summed E-state index contributed by atoms with van der Waals surface area (Å²) < 4.78 is 0. The lowest BCUT2D eigenvalue weighted by Crippen LogP contribution is -2.38. The third-order valence-electron chi connectivity index (χ3n) is 3.18. The van der Waals surface area contributed by atoms with Crippen molar-refractivity contribution in [2.75, 3.05) is 28.2 Å². The highest BCUT2D eigenvalue weighted by Gasteiger charge is 2.25. The van der Waals surface area contributed by atoms with E-state index in [1.165, 1.54) is 0 Å². The topological polar surface area (TPSA) is 55.9 Å². The van der Waals surface area contributed by atoms with E-state index in [1.807, 2.05) is 24.1 Å². The molecule has 6 heteroatoms. The van der Waals surface area contributed by atoms with Gasteiger partial charge in [0.25, 0.3) is 0 Å². The lowest BCUT2D eigenvalue weighted by Gasteiger charge is -2.34. The van der Waals surface area contributed by atoms with Crippen LogP contribution in [0.25, 0.3) is 0 Å². The summed E-state index contributed by atoms with van der Waals surface area (Å²) in [6.07, 6.45) is 4.57. The van der Waals surface area contributed by atoms with Crippen molar-refractivity contribution in [2.45, 2.75) is 37.8 Å². The number of nitrogens with zero attached hydrogens (tertiary/aromatic N) is 6. The van der Waals surface area contributed by atoms with Crippen LogP contribution in [0.1, 0.15) is 25.7 Å². The maximum atomic E-state index is 4.06. The van der Waals surface area contributed by atoms with E-state index in [4.69, 9.17) is 0 Å². The van der Waals surface area contributed by atoms with Crippen LogP contribution in [0.2, 0.25) is 0 Å². The highest BCUT2D eigenvalue weighted by atomic mass is 15.5. The smallest absolute Gasteiger partial charge is 0.0509 e. The van der Waals surface area contributed by atoms with Gasteiger partial charge in [-0.3, -0.25) is 10.0 Å². The molecule has 0 unspecified atom stereocenters. The summed E-state index contributed by atoms with van der Waals surface area (Å²) in [6, 6.07) is 1.04. The van der Waals surface area contributed by atoms with Gasteiger partial charge in [-0.2, -0.15) is 10.2 Å². The molecule has 0 aromatic heterocycles. The van der Waals surface area contributed by atoms with Crippen LogP contribution in [0, 0.1) is 0 Å². The molecule has 0 N–H and O–H groups in total. The molecule has 0 aromatic carbocycles. The summed E-state index contributed by atoms with van der Waals surface area (Å²) in [6.45, 7) is 0. The van der Waals surface area contributed by atoms with Crippen LogP contribution in [0.3, 0.4) is 0 Å². The summed E-state index contributed by atoms with van der Waals surface area (Å²) in [5, 5.41) is 19.7. The third-order valence-corrected chi connectivity index (χ3v) is 3.18. The SMILES string of the molecule is CN=NN(C)[C@H]1CC[C@H](N(C)N=NC)CC1. The van der Waals surface area contributed by atoms with Crippen molar-refractivity contribution in [2.24, 2.45) is 20.7 Å². The predicted molar refractivity (Wildman–Crippen MR) is 63.1 cm³/mol. The second-order valence-corrected chi connectivity index (χ2v) is 4.19. The Bertz CT molecular complexity index is 218. The minimum atomic E-state index is 0.520. The molecule has 1 aliphatic rings. The van der Waals surface area contributed by atoms with E-state index in [9.17, 15) is 0 Å². The Morgan fingerprint density at radius 2 is 1.06 bits per heavy atom. The van der Waals surface area contributed by atoms with Gasteiger partial charge < -0.3 is 0 Å². The molecule has 0 atom stereocenters. The highest BCUT2D eigenvalue weighted by Crippen LogP contribution is 2.25. The first-order valence-corrected chi connectivity index (χ1v) is 5.74. The molecule has 0 aromatic rings. The zero-order chi connectivity index (χ0) is 12.0. The number of hydrogen-bond acceptors (Lipinski definition) is 4. The van der Waals surface area contributed by atoms with Crippen LogP contribution in [0.4, 0.5) is 0 Å². The van der Waals surface area contributed by atoms with Crippen molar-refractivity contribution in [1.29, 1.82) is 0 Å². The maximum absolute atomic E-state index is 4.06. The van der Waals surface area contributed by atoms with E-state index < -0.39 is 0 Å². The molecular formula is C10H22N6. The Labute approximate surface area is 97.4 Å². The fraction of sp³-hybridized carbons (Fsp3) is 1.00. The molecule has 1 saturated carbocycles. The Kier molecular flexibility index (Phi) is 5.14. The van der Waals surface area contributed by atoms with Crippen LogP contribution in [-0.4, -0.2) is 50.3 Å². The van der Waals surface area contributed by atoms with Crippen molar-refractivity contribution >= 4 is 0 Å². The normalized spacial score (nSPS) is 26.5. The molecular weight excluding hydrogens is 204 g/mol. The molecule has 0 heterocycles. The molecule has 0 spiro atoms. The lowest BCUT2D eigenvalue weighted by atomic mass is 9.91. The quantitative estimate of drug-likeness (QED) is 0.545. The first kappa shape index (κ1) is 12.9. The van der Waals surface area contributed by atoms with Crippen molar-refractivity contribution in [3.8, 4) is 0 Å². The molecule has 16 heavy (non-hydrogen) atoms. The Balaban J connectivity index is 2.39. The summed E-state index contributed by atoms with van der Waals surface area (Å²) in [4.78, 5) is 0. The van der Waals surface area contributed by atoms with Gasteiger partial charge in [-0.05, 0) is 25.7 Å². The average Bonchev–Trinajstić information content (AvgIpc) is 2.30. The van der Waals surface area contributed by atoms with E-state index >= 15 is 0 Å². The molecule has 1 aliphatic carbocycles. The van der Waals surface area contributed by atoms with Crippen LogP contribution >= 0.6 is 0 Å². The molecule has 0 saturated heterocycles. The van der Waals surface area contributed by atoms with Crippen LogP contribution in [-0.2, 0) is 0 Å². The standard InChI is InChI=1S/C10H22N6/c1-11-13-15(3)9-5-7-10(8-6-9)16(4)14-12-2/h9-10H,5-8H2,1-4H3/t9-,10-. The molecule has 1 fully saturated rings. The van der Waals surface area contributed by atoms with Gasteiger partial charge >= 0.3 is 0 Å². The van der Waals surface area contributed by atoms with Crippen LogP contribution in [0.5, 0.6) is 0 Å².